The smallest absolute Gasteiger partial charge is 0.142 e. The van der Waals surface area contributed by atoms with Gasteiger partial charge in [0.2, 0.25) is 0 Å². The van der Waals surface area contributed by atoms with Gasteiger partial charge in [0.15, 0.2) is 0 Å². The van der Waals surface area contributed by atoms with Crippen molar-refractivity contribution in [3.05, 3.63) is 70.2 Å². The van der Waals surface area contributed by atoms with Crippen molar-refractivity contribution >= 4 is 11.6 Å². The van der Waals surface area contributed by atoms with E-state index in [0.717, 1.165) is 11.1 Å². The molecule has 0 saturated carbocycles. The van der Waals surface area contributed by atoms with Crippen LogP contribution in [-0.4, -0.2) is 0 Å². The summed E-state index contributed by atoms with van der Waals surface area (Å²) in [5, 5.41) is 3.46. The second kappa shape index (κ2) is 6.33. The van der Waals surface area contributed by atoms with Crippen LogP contribution < -0.4 is 5.32 Å². The van der Waals surface area contributed by atoms with Crippen LogP contribution in [0.1, 0.15) is 37.1 Å². The molecule has 20 heavy (non-hydrogen) atoms. The molecule has 1 N–H and O–H groups in total. The maximum Gasteiger partial charge on any atom is 0.142 e. The van der Waals surface area contributed by atoms with Crippen molar-refractivity contribution in [2.75, 3.05) is 0 Å². The molecule has 2 rings (SSSR count). The average molecular weight is 296 g/mol. The van der Waals surface area contributed by atoms with E-state index in [4.69, 9.17) is 11.6 Å². The van der Waals surface area contributed by atoms with Gasteiger partial charge in [0.05, 0.1) is 5.02 Å². The van der Waals surface area contributed by atoms with Crippen molar-refractivity contribution in [3.8, 4) is 0 Å². The number of hydrogen-bond donors (Lipinski definition) is 1. The first kappa shape index (κ1) is 14.9. The molecular formula is C16H16ClF2N. The monoisotopic (exact) mass is 295 g/mol. The first-order chi connectivity index (χ1) is 9.47. The van der Waals surface area contributed by atoms with Gasteiger partial charge in [0, 0.05) is 12.1 Å². The SMILES string of the molecule is CC(NC(C)c1ccc(Cl)c(F)c1)c1ccc(F)cc1. The molecule has 2 aromatic carbocycles. The highest BCUT2D eigenvalue weighted by Crippen LogP contribution is 2.23. The molecule has 106 valence electrons. The van der Waals surface area contributed by atoms with E-state index >= 15 is 0 Å². The van der Waals surface area contributed by atoms with Gasteiger partial charge in [-0.1, -0.05) is 29.8 Å². The Morgan fingerprint density at radius 2 is 1.45 bits per heavy atom. The van der Waals surface area contributed by atoms with Crippen molar-refractivity contribution in [2.24, 2.45) is 0 Å². The summed E-state index contributed by atoms with van der Waals surface area (Å²) < 4.78 is 26.3. The normalized spacial score (nSPS) is 14.1. The van der Waals surface area contributed by atoms with Gasteiger partial charge < -0.3 is 5.32 Å². The van der Waals surface area contributed by atoms with E-state index in [1.165, 1.54) is 18.2 Å². The minimum Gasteiger partial charge on any atom is -0.304 e. The number of benzene rings is 2. The maximum atomic E-state index is 13.4. The second-order valence-corrected chi connectivity index (χ2v) is 5.24. The maximum absolute atomic E-state index is 13.4. The summed E-state index contributed by atoms with van der Waals surface area (Å²) in [4.78, 5) is 0. The Balaban J connectivity index is 2.08. The first-order valence-corrected chi connectivity index (χ1v) is 6.81. The lowest BCUT2D eigenvalue weighted by molar-refractivity contribution is 0.491. The van der Waals surface area contributed by atoms with Gasteiger partial charge in [0.25, 0.3) is 0 Å². The fraction of sp³-hybridized carbons (Fsp3) is 0.250. The Hall–Kier alpha value is -1.45. The number of halogens is 3. The van der Waals surface area contributed by atoms with E-state index in [2.05, 4.69) is 5.32 Å². The predicted octanol–water partition coefficient (Wildman–Crippen LogP) is 5.03. The molecule has 1 nitrogen and oxygen atoms in total. The van der Waals surface area contributed by atoms with Crippen LogP contribution in [0.25, 0.3) is 0 Å². The van der Waals surface area contributed by atoms with E-state index in [1.807, 2.05) is 13.8 Å². The van der Waals surface area contributed by atoms with Crippen molar-refractivity contribution < 1.29 is 8.78 Å². The minimum absolute atomic E-state index is 0.0318. The molecule has 0 fully saturated rings. The number of rotatable bonds is 4. The van der Waals surface area contributed by atoms with E-state index in [9.17, 15) is 8.78 Å². The van der Waals surface area contributed by atoms with Gasteiger partial charge in [0.1, 0.15) is 11.6 Å². The Morgan fingerprint density at radius 1 is 0.900 bits per heavy atom. The minimum atomic E-state index is -0.424. The predicted molar refractivity (Wildman–Crippen MR) is 77.8 cm³/mol. The third-order valence-corrected chi connectivity index (χ3v) is 3.62. The van der Waals surface area contributed by atoms with Crippen LogP contribution in [-0.2, 0) is 0 Å². The molecule has 2 aromatic rings. The van der Waals surface area contributed by atoms with Gasteiger partial charge in [-0.2, -0.15) is 0 Å². The molecule has 2 atom stereocenters. The molecule has 0 radical (unpaired) electrons. The summed E-state index contributed by atoms with van der Waals surface area (Å²) in [6.07, 6.45) is 0. The average Bonchev–Trinajstić information content (AvgIpc) is 2.42. The fourth-order valence-electron chi connectivity index (χ4n) is 2.10. The van der Waals surface area contributed by atoms with E-state index in [-0.39, 0.29) is 22.9 Å². The van der Waals surface area contributed by atoms with Crippen molar-refractivity contribution in [1.82, 2.24) is 5.32 Å². The van der Waals surface area contributed by atoms with E-state index in [1.54, 1.807) is 24.3 Å². The molecule has 4 heteroatoms. The van der Waals surface area contributed by atoms with Crippen LogP contribution in [0, 0.1) is 11.6 Å². The van der Waals surface area contributed by atoms with Gasteiger partial charge in [-0.3, -0.25) is 0 Å². The standard InChI is InChI=1S/C16H16ClF2N/c1-10(12-3-6-14(18)7-4-12)20-11(2)13-5-8-15(17)16(19)9-13/h3-11,20H,1-2H3. The molecule has 0 amide bonds. The summed E-state index contributed by atoms with van der Waals surface area (Å²) in [7, 11) is 0. The summed E-state index contributed by atoms with van der Waals surface area (Å²) in [6, 6.07) is 11.1. The van der Waals surface area contributed by atoms with Crippen LogP contribution in [0.15, 0.2) is 42.5 Å². The van der Waals surface area contributed by atoms with E-state index < -0.39 is 5.82 Å². The summed E-state index contributed by atoms with van der Waals surface area (Å²) in [6.45, 7) is 3.93. The Bertz CT molecular complexity index is 584. The van der Waals surface area contributed by atoms with Crippen LogP contribution in [0.4, 0.5) is 8.78 Å². The molecule has 2 unspecified atom stereocenters. The van der Waals surface area contributed by atoms with Crippen molar-refractivity contribution in [3.63, 3.8) is 0 Å². The molecule has 0 aliphatic rings. The summed E-state index contributed by atoms with van der Waals surface area (Å²) >= 11 is 5.67. The number of nitrogens with one attached hydrogen (secondary N) is 1. The van der Waals surface area contributed by atoms with Gasteiger partial charge >= 0.3 is 0 Å². The fourth-order valence-corrected chi connectivity index (χ4v) is 2.22. The van der Waals surface area contributed by atoms with Crippen LogP contribution in [0.5, 0.6) is 0 Å². The van der Waals surface area contributed by atoms with Gasteiger partial charge in [-0.15, -0.1) is 0 Å². The highest BCUT2D eigenvalue weighted by atomic mass is 35.5. The third kappa shape index (κ3) is 3.56. The Labute approximate surface area is 122 Å². The van der Waals surface area contributed by atoms with Crippen LogP contribution in [0.3, 0.4) is 0 Å². The Kier molecular flexibility index (Phi) is 4.73. The molecule has 0 heterocycles. The lowest BCUT2D eigenvalue weighted by Crippen LogP contribution is -2.22. The molecule has 0 aliphatic carbocycles. The lowest BCUT2D eigenvalue weighted by atomic mass is 10.0. The van der Waals surface area contributed by atoms with Crippen LogP contribution >= 0.6 is 11.6 Å². The topological polar surface area (TPSA) is 12.0 Å². The zero-order valence-electron chi connectivity index (χ0n) is 11.3. The zero-order chi connectivity index (χ0) is 14.7. The summed E-state index contributed by atoms with van der Waals surface area (Å²) in [5.74, 6) is -0.680. The van der Waals surface area contributed by atoms with Gasteiger partial charge in [-0.25, -0.2) is 8.78 Å². The lowest BCUT2D eigenvalue weighted by Gasteiger charge is -2.21. The first-order valence-electron chi connectivity index (χ1n) is 6.44. The molecule has 0 saturated heterocycles. The van der Waals surface area contributed by atoms with E-state index in [0.29, 0.717) is 0 Å². The van der Waals surface area contributed by atoms with Crippen molar-refractivity contribution in [1.29, 1.82) is 0 Å². The van der Waals surface area contributed by atoms with Crippen LogP contribution in [0.2, 0.25) is 5.02 Å². The zero-order valence-corrected chi connectivity index (χ0v) is 12.1. The highest BCUT2D eigenvalue weighted by molar-refractivity contribution is 6.30. The third-order valence-electron chi connectivity index (χ3n) is 3.31. The highest BCUT2D eigenvalue weighted by Gasteiger charge is 2.12. The second-order valence-electron chi connectivity index (χ2n) is 4.84. The molecular weight excluding hydrogens is 280 g/mol. The molecule has 0 spiro atoms. The van der Waals surface area contributed by atoms with Crippen molar-refractivity contribution in [2.45, 2.75) is 25.9 Å². The molecule has 0 bridgehead atoms. The number of hydrogen-bond acceptors (Lipinski definition) is 1. The summed E-state index contributed by atoms with van der Waals surface area (Å²) in [5.41, 5.74) is 1.80. The largest absolute Gasteiger partial charge is 0.304 e. The molecule has 0 aliphatic heterocycles. The molecule has 0 aromatic heterocycles. The van der Waals surface area contributed by atoms with Gasteiger partial charge in [-0.05, 0) is 49.2 Å². The Morgan fingerprint density at radius 3 is 2.05 bits per heavy atom. The quantitative estimate of drug-likeness (QED) is 0.834.